The Hall–Kier alpha value is -2.24. The molecular weight excluding hydrogens is 326 g/mol. The second kappa shape index (κ2) is 7.56. The summed E-state index contributed by atoms with van der Waals surface area (Å²) in [5.74, 6) is 0.923. The number of aliphatic imine (C=N–C) groups is 1. The molecule has 0 saturated carbocycles. The van der Waals surface area contributed by atoms with Crippen LogP contribution in [0.25, 0.3) is 0 Å². The summed E-state index contributed by atoms with van der Waals surface area (Å²) in [7, 11) is 1.71. The van der Waals surface area contributed by atoms with E-state index in [-0.39, 0.29) is 12.5 Å². The third-order valence-corrected chi connectivity index (χ3v) is 5.15. The van der Waals surface area contributed by atoms with Gasteiger partial charge in [0, 0.05) is 26.1 Å². The molecule has 1 aromatic carbocycles. The summed E-state index contributed by atoms with van der Waals surface area (Å²) in [6, 6.07) is 8.68. The second-order valence-electron chi connectivity index (χ2n) is 6.90. The predicted molar refractivity (Wildman–Crippen MR) is 103 cm³/mol. The zero-order chi connectivity index (χ0) is 18.7. The summed E-state index contributed by atoms with van der Waals surface area (Å²) in [4.78, 5) is 9.07. The molecule has 3 rings (SSSR count). The third kappa shape index (κ3) is 3.64. The topological polar surface area (TPSA) is 59.6 Å². The fourth-order valence-corrected chi connectivity index (χ4v) is 3.35. The van der Waals surface area contributed by atoms with Gasteiger partial charge >= 0.3 is 0 Å². The van der Waals surface area contributed by atoms with Crippen LogP contribution < -0.4 is 0 Å². The quantitative estimate of drug-likeness (QED) is 0.866. The van der Waals surface area contributed by atoms with Gasteiger partial charge in [-0.15, -0.1) is 0 Å². The number of dihydropyridines is 1. The number of ether oxygens (including phenoxy) is 1. The van der Waals surface area contributed by atoms with Gasteiger partial charge in [0.1, 0.15) is 5.82 Å². The molecule has 0 aliphatic carbocycles. The van der Waals surface area contributed by atoms with Crippen LogP contribution in [-0.4, -0.2) is 33.7 Å². The standard InChI is InChI=1S/C21H27N3O2/c1-5-16-6-8-18(9-7-16)20-10-17(11-22-21(20,3)26-4)12-24-13-19(14-25)23-15(24)2/h6-11,13,20,25H,5,12,14H2,1-4H3. The van der Waals surface area contributed by atoms with Crippen molar-refractivity contribution < 1.29 is 9.84 Å². The van der Waals surface area contributed by atoms with E-state index in [1.165, 1.54) is 11.1 Å². The first-order chi connectivity index (χ1) is 12.5. The molecule has 0 spiro atoms. The van der Waals surface area contributed by atoms with Gasteiger partial charge in [0.05, 0.1) is 18.2 Å². The van der Waals surface area contributed by atoms with E-state index in [1.807, 2.05) is 30.8 Å². The van der Waals surface area contributed by atoms with Crippen LogP contribution >= 0.6 is 0 Å². The molecule has 1 N–H and O–H groups in total. The molecule has 2 unspecified atom stereocenters. The number of hydrogen-bond donors (Lipinski definition) is 1. The van der Waals surface area contributed by atoms with Crippen LogP contribution in [0.2, 0.25) is 0 Å². The van der Waals surface area contributed by atoms with Gasteiger partial charge in [0.25, 0.3) is 0 Å². The van der Waals surface area contributed by atoms with Crippen molar-refractivity contribution in [2.45, 2.75) is 52.0 Å². The fraction of sp³-hybridized carbons (Fsp3) is 0.429. The summed E-state index contributed by atoms with van der Waals surface area (Å²) >= 11 is 0. The van der Waals surface area contributed by atoms with Gasteiger partial charge in [-0.05, 0) is 37.0 Å². The Bertz CT molecular complexity index is 820. The Morgan fingerprint density at radius 3 is 2.58 bits per heavy atom. The molecule has 138 valence electrons. The fourth-order valence-electron chi connectivity index (χ4n) is 3.35. The molecule has 0 amide bonds. The first-order valence-electron chi connectivity index (χ1n) is 9.02. The molecule has 5 nitrogen and oxygen atoms in total. The number of aliphatic hydroxyl groups is 1. The first-order valence-corrected chi connectivity index (χ1v) is 9.02. The van der Waals surface area contributed by atoms with E-state index in [1.54, 1.807) is 7.11 Å². The maximum atomic E-state index is 9.28. The van der Waals surface area contributed by atoms with E-state index in [4.69, 9.17) is 9.73 Å². The van der Waals surface area contributed by atoms with Gasteiger partial charge < -0.3 is 14.4 Å². The Kier molecular flexibility index (Phi) is 5.39. The number of methoxy groups -OCH3 is 1. The molecule has 2 heterocycles. The zero-order valence-corrected chi connectivity index (χ0v) is 15.9. The van der Waals surface area contributed by atoms with Crippen LogP contribution in [0.5, 0.6) is 0 Å². The Balaban J connectivity index is 1.91. The summed E-state index contributed by atoms with van der Waals surface area (Å²) in [5, 5.41) is 9.28. The number of allylic oxidation sites excluding steroid dienone is 1. The van der Waals surface area contributed by atoms with Gasteiger partial charge in [0.2, 0.25) is 0 Å². The smallest absolute Gasteiger partial charge is 0.166 e. The number of aromatic nitrogens is 2. The molecule has 1 aromatic heterocycles. The Labute approximate surface area is 155 Å². The summed E-state index contributed by atoms with van der Waals surface area (Å²) in [5.41, 5.74) is 3.69. The average Bonchev–Trinajstić information content (AvgIpc) is 3.03. The molecule has 2 atom stereocenters. The molecule has 0 bridgehead atoms. The maximum Gasteiger partial charge on any atom is 0.166 e. The van der Waals surface area contributed by atoms with Crippen molar-refractivity contribution in [3.63, 3.8) is 0 Å². The lowest BCUT2D eigenvalue weighted by Crippen LogP contribution is -2.35. The normalized spacial score (nSPS) is 22.5. The van der Waals surface area contributed by atoms with Crippen LogP contribution in [0.1, 0.15) is 42.4 Å². The van der Waals surface area contributed by atoms with Crippen molar-refractivity contribution in [1.29, 1.82) is 0 Å². The first kappa shape index (κ1) is 18.5. The van der Waals surface area contributed by atoms with E-state index in [0.717, 1.165) is 17.8 Å². The van der Waals surface area contributed by atoms with E-state index in [2.05, 4.69) is 42.2 Å². The van der Waals surface area contributed by atoms with Crippen molar-refractivity contribution >= 4 is 6.21 Å². The highest BCUT2D eigenvalue weighted by molar-refractivity contribution is 5.80. The van der Waals surface area contributed by atoms with Gasteiger partial charge in [0.15, 0.2) is 5.72 Å². The van der Waals surface area contributed by atoms with Crippen LogP contribution in [0.4, 0.5) is 0 Å². The van der Waals surface area contributed by atoms with E-state index >= 15 is 0 Å². The highest BCUT2D eigenvalue weighted by atomic mass is 16.5. The van der Waals surface area contributed by atoms with Crippen molar-refractivity contribution in [2.24, 2.45) is 4.99 Å². The summed E-state index contributed by atoms with van der Waals surface area (Å²) in [6.07, 6.45) is 7.03. The number of benzene rings is 1. The number of nitrogens with zero attached hydrogens (tertiary/aromatic N) is 3. The van der Waals surface area contributed by atoms with Gasteiger partial charge in [-0.2, -0.15) is 0 Å². The molecule has 1 aliphatic heterocycles. The van der Waals surface area contributed by atoms with E-state index < -0.39 is 5.72 Å². The molecule has 26 heavy (non-hydrogen) atoms. The Morgan fingerprint density at radius 1 is 1.27 bits per heavy atom. The molecule has 5 heteroatoms. The van der Waals surface area contributed by atoms with Crippen molar-refractivity contribution in [2.75, 3.05) is 7.11 Å². The lowest BCUT2D eigenvalue weighted by Gasteiger charge is -2.34. The molecule has 0 radical (unpaired) electrons. The van der Waals surface area contributed by atoms with Gasteiger partial charge in [-0.1, -0.05) is 37.3 Å². The molecule has 2 aromatic rings. The minimum Gasteiger partial charge on any atom is -0.390 e. The minimum absolute atomic E-state index is 0.0412. The summed E-state index contributed by atoms with van der Waals surface area (Å²) < 4.78 is 7.79. The van der Waals surface area contributed by atoms with Gasteiger partial charge in [-0.25, -0.2) is 4.98 Å². The highest BCUT2D eigenvalue weighted by Crippen LogP contribution is 2.37. The monoisotopic (exact) mass is 353 g/mol. The molecular formula is C21H27N3O2. The number of imidazole rings is 1. The third-order valence-electron chi connectivity index (χ3n) is 5.15. The lowest BCUT2D eigenvalue weighted by molar-refractivity contribution is 0.000991. The molecule has 0 fully saturated rings. The SMILES string of the molecule is CCc1ccc(C2C=C(Cn3cc(CO)nc3C)C=NC2(C)OC)cc1. The average molecular weight is 353 g/mol. The van der Waals surface area contributed by atoms with E-state index in [0.29, 0.717) is 12.2 Å². The molecule has 0 saturated heterocycles. The number of hydrogen-bond acceptors (Lipinski definition) is 4. The van der Waals surface area contributed by atoms with Crippen LogP contribution in [0.3, 0.4) is 0 Å². The minimum atomic E-state index is -0.614. The second-order valence-corrected chi connectivity index (χ2v) is 6.90. The lowest BCUT2D eigenvalue weighted by atomic mass is 9.85. The van der Waals surface area contributed by atoms with Crippen LogP contribution in [-0.2, 0) is 24.3 Å². The van der Waals surface area contributed by atoms with Gasteiger partial charge in [-0.3, -0.25) is 4.99 Å². The van der Waals surface area contributed by atoms with Crippen LogP contribution in [0.15, 0.2) is 47.1 Å². The maximum absolute atomic E-state index is 9.28. The number of aryl methyl sites for hydroxylation is 2. The van der Waals surface area contributed by atoms with Crippen LogP contribution in [0, 0.1) is 6.92 Å². The predicted octanol–water partition coefficient (Wildman–Crippen LogP) is 3.40. The molecule has 1 aliphatic rings. The zero-order valence-electron chi connectivity index (χ0n) is 15.9. The van der Waals surface area contributed by atoms with Crippen molar-refractivity contribution in [3.8, 4) is 0 Å². The van der Waals surface area contributed by atoms with Crippen molar-refractivity contribution in [1.82, 2.24) is 9.55 Å². The highest BCUT2D eigenvalue weighted by Gasteiger charge is 2.35. The number of rotatable bonds is 6. The Morgan fingerprint density at radius 2 is 2.00 bits per heavy atom. The largest absolute Gasteiger partial charge is 0.390 e. The van der Waals surface area contributed by atoms with E-state index in [9.17, 15) is 5.11 Å². The number of aliphatic hydroxyl groups excluding tert-OH is 1. The summed E-state index contributed by atoms with van der Waals surface area (Å²) in [6.45, 7) is 6.74. The van der Waals surface area contributed by atoms with Crippen molar-refractivity contribution in [3.05, 3.63) is 64.8 Å².